The summed E-state index contributed by atoms with van der Waals surface area (Å²) in [5.74, 6) is 1.08. The van der Waals surface area contributed by atoms with Crippen molar-refractivity contribution in [2.45, 2.75) is 46.2 Å². The molecule has 1 aromatic carbocycles. The van der Waals surface area contributed by atoms with E-state index in [1.165, 1.54) is 16.7 Å². The van der Waals surface area contributed by atoms with E-state index < -0.39 is 0 Å². The molecule has 0 aliphatic carbocycles. The number of benzene rings is 1. The topological polar surface area (TPSA) is 43.8 Å². The molecule has 0 bridgehead atoms. The lowest BCUT2D eigenvalue weighted by molar-refractivity contribution is 0.597. The summed E-state index contributed by atoms with van der Waals surface area (Å²) in [6.07, 6.45) is 5.73. The van der Waals surface area contributed by atoms with Crippen molar-refractivity contribution < 1.29 is 0 Å². The molecule has 3 heteroatoms. The number of rotatable bonds is 5. The maximum Gasteiger partial charge on any atom is 0.110 e. The zero-order valence-electron chi connectivity index (χ0n) is 12.1. The third-order valence-corrected chi connectivity index (χ3v) is 3.62. The highest BCUT2D eigenvalue weighted by atomic mass is 15.1. The molecule has 1 aromatic heterocycles. The average molecular weight is 257 g/mol. The quantitative estimate of drug-likeness (QED) is 0.895. The second-order valence-electron chi connectivity index (χ2n) is 5.27. The molecule has 2 rings (SSSR count). The van der Waals surface area contributed by atoms with Crippen molar-refractivity contribution >= 4 is 0 Å². The van der Waals surface area contributed by atoms with Crippen molar-refractivity contribution in [1.82, 2.24) is 9.55 Å². The van der Waals surface area contributed by atoms with E-state index in [2.05, 4.69) is 48.5 Å². The molecule has 0 radical (unpaired) electrons. The van der Waals surface area contributed by atoms with Crippen molar-refractivity contribution in [2.75, 3.05) is 0 Å². The van der Waals surface area contributed by atoms with Crippen LogP contribution in [0.4, 0.5) is 0 Å². The molecule has 0 spiro atoms. The van der Waals surface area contributed by atoms with Gasteiger partial charge in [-0.3, -0.25) is 0 Å². The summed E-state index contributed by atoms with van der Waals surface area (Å²) in [4.78, 5) is 4.44. The van der Waals surface area contributed by atoms with Gasteiger partial charge in [0.05, 0.1) is 0 Å². The molecule has 1 unspecified atom stereocenters. The number of imidazole rings is 1. The van der Waals surface area contributed by atoms with Crippen LogP contribution in [-0.2, 0) is 13.0 Å². The number of aryl methyl sites for hydroxylation is 2. The standard InChI is InChI=1S/C16H23N3/c1-4-15(17)10-16-18-7-8-19(16)11-14-9-12(2)5-6-13(14)3/h5-9,15H,4,10-11,17H2,1-3H3. The SMILES string of the molecule is CCC(N)Cc1nccn1Cc1cc(C)ccc1C. The Bertz CT molecular complexity index is 543. The molecule has 0 saturated heterocycles. The largest absolute Gasteiger partial charge is 0.330 e. The van der Waals surface area contributed by atoms with E-state index in [0.29, 0.717) is 0 Å². The molecule has 0 fully saturated rings. The van der Waals surface area contributed by atoms with Crippen LogP contribution in [0.3, 0.4) is 0 Å². The van der Waals surface area contributed by atoms with Gasteiger partial charge in [0.25, 0.3) is 0 Å². The van der Waals surface area contributed by atoms with Gasteiger partial charge in [-0.15, -0.1) is 0 Å². The smallest absolute Gasteiger partial charge is 0.110 e. The van der Waals surface area contributed by atoms with Crippen LogP contribution < -0.4 is 5.73 Å². The predicted molar refractivity (Wildman–Crippen MR) is 79.2 cm³/mol. The fraction of sp³-hybridized carbons (Fsp3) is 0.438. The molecule has 0 aliphatic heterocycles. The molecule has 2 aromatic rings. The van der Waals surface area contributed by atoms with Gasteiger partial charge in [-0.25, -0.2) is 4.98 Å². The Morgan fingerprint density at radius 3 is 2.84 bits per heavy atom. The summed E-state index contributed by atoms with van der Waals surface area (Å²) in [5, 5.41) is 0. The Balaban J connectivity index is 2.19. The Labute approximate surface area is 115 Å². The van der Waals surface area contributed by atoms with Crippen LogP contribution in [0, 0.1) is 13.8 Å². The van der Waals surface area contributed by atoms with Gasteiger partial charge in [-0.05, 0) is 31.4 Å². The summed E-state index contributed by atoms with van der Waals surface area (Å²) in [7, 11) is 0. The Morgan fingerprint density at radius 2 is 2.11 bits per heavy atom. The molecule has 0 saturated carbocycles. The highest BCUT2D eigenvalue weighted by molar-refractivity contribution is 5.30. The number of nitrogens with zero attached hydrogens (tertiary/aromatic N) is 2. The molecule has 102 valence electrons. The van der Waals surface area contributed by atoms with Crippen LogP contribution in [0.15, 0.2) is 30.6 Å². The monoisotopic (exact) mass is 257 g/mol. The molecule has 0 amide bonds. The van der Waals surface area contributed by atoms with E-state index in [0.717, 1.165) is 25.2 Å². The van der Waals surface area contributed by atoms with Gasteiger partial charge in [-0.1, -0.05) is 30.7 Å². The first kappa shape index (κ1) is 13.8. The van der Waals surface area contributed by atoms with Crippen LogP contribution in [-0.4, -0.2) is 15.6 Å². The van der Waals surface area contributed by atoms with Crippen molar-refractivity contribution in [3.8, 4) is 0 Å². The Morgan fingerprint density at radius 1 is 1.32 bits per heavy atom. The molecule has 19 heavy (non-hydrogen) atoms. The van der Waals surface area contributed by atoms with Gasteiger partial charge < -0.3 is 10.3 Å². The molecule has 0 aliphatic rings. The lowest BCUT2D eigenvalue weighted by Gasteiger charge is -2.13. The molecule has 1 atom stereocenters. The van der Waals surface area contributed by atoms with Crippen molar-refractivity contribution in [3.63, 3.8) is 0 Å². The zero-order valence-corrected chi connectivity index (χ0v) is 12.1. The van der Waals surface area contributed by atoms with Crippen LogP contribution in [0.5, 0.6) is 0 Å². The number of hydrogen-bond donors (Lipinski definition) is 1. The highest BCUT2D eigenvalue weighted by Crippen LogP contribution is 2.14. The minimum absolute atomic E-state index is 0.194. The summed E-state index contributed by atoms with van der Waals surface area (Å²) >= 11 is 0. The predicted octanol–water partition coefficient (Wildman–Crippen LogP) is 2.83. The fourth-order valence-corrected chi connectivity index (χ4v) is 2.21. The summed E-state index contributed by atoms with van der Waals surface area (Å²) in [6.45, 7) is 7.27. The first-order chi connectivity index (χ1) is 9.10. The minimum atomic E-state index is 0.194. The van der Waals surface area contributed by atoms with Crippen molar-refractivity contribution in [2.24, 2.45) is 5.73 Å². The first-order valence-corrected chi connectivity index (χ1v) is 6.92. The van der Waals surface area contributed by atoms with Gasteiger partial charge in [-0.2, -0.15) is 0 Å². The van der Waals surface area contributed by atoms with Gasteiger partial charge in [0.2, 0.25) is 0 Å². The van der Waals surface area contributed by atoms with Crippen molar-refractivity contribution in [1.29, 1.82) is 0 Å². The summed E-state index contributed by atoms with van der Waals surface area (Å²) < 4.78 is 2.21. The fourth-order valence-electron chi connectivity index (χ4n) is 2.21. The number of hydrogen-bond acceptors (Lipinski definition) is 2. The van der Waals surface area contributed by atoms with Crippen LogP contribution in [0.2, 0.25) is 0 Å². The van der Waals surface area contributed by atoms with E-state index >= 15 is 0 Å². The lowest BCUT2D eigenvalue weighted by atomic mass is 10.1. The summed E-state index contributed by atoms with van der Waals surface area (Å²) in [5.41, 5.74) is 10.0. The maximum absolute atomic E-state index is 6.03. The van der Waals surface area contributed by atoms with E-state index in [9.17, 15) is 0 Å². The maximum atomic E-state index is 6.03. The molecular weight excluding hydrogens is 234 g/mol. The van der Waals surface area contributed by atoms with Crippen LogP contribution >= 0.6 is 0 Å². The molecular formula is C16H23N3. The Hall–Kier alpha value is -1.61. The molecule has 3 nitrogen and oxygen atoms in total. The number of aromatic nitrogens is 2. The van der Waals surface area contributed by atoms with E-state index in [1.807, 2.05) is 12.4 Å². The van der Waals surface area contributed by atoms with E-state index in [4.69, 9.17) is 5.73 Å². The van der Waals surface area contributed by atoms with Crippen LogP contribution in [0.1, 0.15) is 35.9 Å². The third-order valence-electron chi connectivity index (χ3n) is 3.62. The summed E-state index contributed by atoms with van der Waals surface area (Å²) in [6, 6.07) is 6.78. The average Bonchev–Trinajstić information content (AvgIpc) is 2.81. The molecule has 1 heterocycles. The van der Waals surface area contributed by atoms with Gasteiger partial charge in [0.1, 0.15) is 5.82 Å². The van der Waals surface area contributed by atoms with Crippen LogP contribution in [0.25, 0.3) is 0 Å². The lowest BCUT2D eigenvalue weighted by Crippen LogP contribution is -2.23. The second kappa shape index (κ2) is 6.02. The van der Waals surface area contributed by atoms with E-state index in [-0.39, 0.29) is 6.04 Å². The molecule has 2 N–H and O–H groups in total. The van der Waals surface area contributed by atoms with Gasteiger partial charge in [0.15, 0.2) is 0 Å². The Kier molecular flexibility index (Phi) is 4.38. The highest BCUT2D eigenvalue weighted by Gasteiger charge is 2.09. The van der Waals surface area contributed by atoms with E-state index in [1.54, 1.807) is 0 Å². The first-order valence-electron chi connectivity index (χ1n) is 6.92. The van der Waals surface area contributed by atoms with Gasteiger partial charge >= 0.3 is 0 Å². The zero-order chi connectivity index (χ0) is 13.8. The second-order valence-corrected chi connectivity index (χ2v) is 5.27. The number of nitrogens with two attached hydrogens (primary N) is 1. The van der Waals surface area contributed by atoms with Gasteiger partial charge in [0, 0.05) is 31.4 Å². The minimum Gasteiger partial charge on any atom is -0.330 e. The normalized spacial score (nSPS) is 12.6. The van der Waals surface area contributed by atoms with Crippen molar-refractivity contribution in [3.05, 3.63) is 53.1 Å². The third kappa shape index (κ3) is 3.44.